The molecular formula is C16H18N2O2. The number of hydrogen-bond donors (Lipinski definition) is 1. The fraction of sp³-hybridized carbons (Fsp3) is 0.188. The van der Waals surface area contributed by atoms with Gasteiger partial charge in [-0.05, 0) is 36.2 Å². The molecule has 4 nitrogen and oxygen atoms in total. The largest absolute Gasteiger partial charge is 0.497 e. The number of aryl methyl sites for hydroxylation is 1. The summed E-state index contributed by atoms with van der Waals surface area (Å²) in [5.41, 5.74) is 8.14. The predicted octanol–water partition coefficient (Wildman–Crippen LogP) is 3.47. The quantitative estimate of drug-likeness (QED) is 0.924. The van der Waals surface area contributed by atoms with Crippen molar-refractivity contribution in [2.45, 2.75) is 13.3 Å². The van der Waals surface area contributed by atoms with E-state index in [0.717, 1.165) is 12.1 Å². The molecule has 4 heteroatoms. The van der Waals surface area contributed by atoms with E-state index in [0.29, 0.717) is 11.4 Å². The van der Waals surface area contributed by atoms with Crippen molar-refractivity contribution >= 4 is 17.4 Å². The van der Waals surface area contributed by atoms with Crippen LogP contribution in [0.4, 0.5) is 16.2 Å². The van der Waals surface area contributed by atoms with Crippen molar-refractivity contribution in [1.82, 2.24) is 0 Å². The Morgan fingerprint density at radius 1 is 1.15 bits per heavy atom. The van der Waals surface area contributed by atoms with E-state index in [1.807, 2.05) is 42.5 Å². The highest BCUT2D eigenvalue weighted by Crippen LogP contribution is 2.28. The minimum atomic E-state index is -0.525. The number of carbonyl (C=O) groups excluding carboxylic acids is 1. The van der Waals surface area contributed by atoms with Crippen LogP contribution < -0.4 is 15.4 Å². The Morgan fingerprint density at radius 3 is 2.40 bits per heavy atom. The van der Waals surface area contributed by atoms with Gasteiger partial charge in [0.2, 0.25) is 0 Å². The molecule has 0 aromatic heterocycles. The Kier molecular flexibility index (Phi) is 4.25. The van der Waals surface area contributed by atoms with Gasteiger partial charge in [-0.3, -0.25) is 4.90 Å². The van der Waals surface area contributed by atoms with Gasteiger partial charge in [0.05, 0.1) is 18.5 Å². The average Bonchev–Trinajstić information content (AvgIpc) is 2.48. The number of rotatable bonds is 4. The molecule has 2 rings (SSSR count). The van der Waals surface area contributed by atoms with E-state index in [4.69, 9.17) is 10.5 Å². The van der Waals surface area contributed by atoms with Crippen molar-refractivity contribution in [3.05, 3.63) is 54.1 Å². The van der Waals surface area contributed by atoms with Gasteiger partial charge >= 0.3 is 6.03 Å². The molecule has 0 fully saturated rings. The first-order valence-corrected chi connectivity index (χ1v) is 6.48. The summed E-state index contributed by atoms with van der Waals surface area (Å²) in [5.74, 6) is 0.680. The number of methoxy groups -OCH3 is 1. The van der Waals surface area contributed by atoms with Crippen molar-refractivity contribution in [3.8, 4) is 5.75 Å². The highest BCUT2D eigenvalue weighted by molar-refractivity contribution is 5.98. The van der Waals surface area contributed by atoms with Crippen LogP contribution in [-0.2, 0) is 6.42 Å². The van der Waals surface area contributed by atoms with E-state index in [2.05, 4.69) is 6.92 Å². The van der Waals surface area contributed by atoms with Crippen LogP contribution in [0.1, 0.15) is 12.5 Å². The molecule has 0 spiro atoms. The monoisotopic (exact) mass is 270 g/mol. The number of urea groups is 1. The third-order valence-corrected chi connectivity index (χ3v) is 3.13. The summed E-state index contributed by atoms with van der Waals surface area (Å²) < 4.78 is 5.18. The molecule has 0 aliphatic heterocycles. The van der Waals surface area contributed by atoms with Crippen LogP contribution in [-0.4, -0.2) is 13.1 Å². The van der Waals surface area contributed by atoms with Crippen molar-refractivity contribution in [2.24, 2.45) is 5.73 Å². The molecule has 2 aromatic carbocycles. The molecule has 0 heterocycles. The molecular weight excluding hydrogens is 252 g/mol. The van der Waals surface area contributed by atoms with Crippen LogP contribution in [0.15, 0.2) is 48.5 Å². The maximum Gasteiger partial charge on any atom is 0.323 e. The molecule has 104 valence electrons. The number of ether oxygens (including phenoxy) is 1. The Bertz CT molecular complexity index is 594. The Hall–Kier alpha value is -2.49. The lowest BCUT2D eigenvalue weighted by molar-refractivity contribution is 0.256. The summed E-state index contributed by atoms with van der Waals surface area (Å²) >= 11 is 0. The summed E-state index contributed by atoms with van der Waals surface area (Å²) in [6.07, 6.45) is 0.954. The van der Waals surface area contributed by atoms with Crippen LogP contribution >= 0.6 is 0 Å². The number of hydrogen-bond acceptors (Lipinski definition) is 2. The van der Waals surface area contributed by atoms with E-state index >= 15 is 0 Å². The van der Waals surface area contributed by atoms with Crippen LogP contribution in [0, 0.1) is 0 Å². The summed E-state index contributed by atoms with van der Waals surface area (Å²) in [7, 11) is 1.59. The van der Waals surface area contributed by atoms with Gasteiger partial charge in [-0.25, -0.2) is 4.79 Å². The first-order chi connectivity index (χ1) is 9.65. The van der Waals surface area contributed by atoms with E-state index < -0.39 is 6.03 Å². The summed E-state index contributed by atoms with van der Waals surface area (Å²) in [6.45, 7) is 2.09. The number of nitrogens with zero attached hydrogens (tertiary/aromatic N) is 1. The first kappa shape index (κ1) is 13.9. The third kappa shape index (κ3) is 2.91. The molecule has 0 saturated heterocycles. The van der Waals surface area contributed by atoms with Crippen molar-refractivity contribution in [2.75, 3.05) is 12.0 Å². The summed E-state index contributed by atoms with van der Waals surface area (Å²) in [6, 6.07) is 14.5. The molecule has 0 aliphatic rings. The molecule has 0 atom stereocenters. The van der Waals surface area contributed by atoms with E-state index in [1.165, 1.54) is 10.5 Å². The SMILES string of the molecule is CCc1ccc(N(C(N)=O)c2cccc(OC)c2)cc1. The zero-order chi connectivity index (χ0) is 14.5. The number of nitrogens with two attached hydrogens (primary N) is 1. The maximum atomic E-state index is 11.8. The van der Waals surface area contributed by atoms with Crippen molar-refractivity contribution in [3.63, 3.8) is 0 Å². The van der Waals surface area contributed by atoms with Crippen LogP contribution in [0.2, 0.25) is 0 Å². The smallest absolute Gasteiger partial charge is 0.323 e. The third-order valence-electron chi connectivity index (χ3n) is 3.13. The minimum Gasteiger partial charge on any atom is -0.497 e. The van der Waals surface area contributed by atoms with Crippen LogP contribution in [0.25, 0.3) is 0 Å². The van der Waals surface area contributed by atoms with Gasteiger partial charge in [0, 0.05) is 6.07 Å². The van der Waals surface area contributed by atoms with Gasteiger partial charge in [0.25, 0.3) is 0 Å². The average molecular weight is 270 g/mol. The number of amides is 2. The zero-order valence-electron chi connectivity index (χ0n) is 11.7. The van der Waals surface area contributed by atoms with Crippen LogP contribution in [0.5, 0.6) is 5.75 Å². The Balaban J connectivity index is 2.41. The van der Waals surface area contributed by atoms with E-state index in [1.54, 1.807) is 13.2 Å². The summed E-state index contributed by atoms with van der Waals surface area (Å²) in [5, 5.41) is 0. The number of benzene rings is 2. The normalized spacial score (nSPS) is 10.1. The topological polar surface area (TPSA) is 55.6 Å². The Morgan fingerprint density at radius 2 is 1.85 bits per heavy atom. The standard InChI is InChI=1S/C16H18N2O2/c1-3-12-7-9-13(10-8-12)18(16(17)19)14-5-4-6-15(11-14)20-2/h4-11H,3H2,1-2H3,(H2,17,19). The lowest BCUT2D eigenvalue weighted by Gasteiger charge is -2.21. The van der Waals surface area contributed by atoms with Crippen LogP contribution in [0.3, 0.4) is 0 Å². The molecule has 0 saturated carbocycles. The second-order valence-corrected chi connectivity index (χ2v) is 4.40. The molecule has 0 bridgehead atoms. The molecule has 0 unspecified atom stereocenters. The Labute approximate surface area is 118 Å². The molecule has 2 amide bonds. The fourth-order valence-corrected chi connectivity index (χ4v) is 2.03. The molecule has 0 aliphatic carbocycles. The van der Waals surface area contributed by atoms with Gasteiger partial charge in [-0.15, -0.1) is 0 Å². The zero-order valence-corrected chi connectivity index (χ0v) is 11.7. The molecule has 20 heavy (non-hydrogen) atoms. The van der Waals surface area contributed by atoms with E-state index in [-0.39, 0.29) is 0 Å². The second kappa shape index (κ2) is 6.10. The number of anilines is 2. The number of primary amides is 1. The highest BCUT2D eigenvalue weighted by atomic mass is 16.5. The molecule has 2 aromatic rings. The molecule has 2 N–H and O–H groups in total. The maximum absolute atomic E-state index is 11.8. The van der Waals surface area contributed by atoms with E-state index in [9.17, 15) is 4.79 Å². The van der Waals surface area contributed by atoms with Gasteiger partial charge < -0.3 is 10.5 Å². The first-order valence-electron chi connectivity index (χ1n) is 6.48. The minimum absolute atomic E-state index is 0.525. The fourth-order valence-electron chi connectivity index (χ4n) is 2.03. The van der Waals surface area contributed by atoms with Gasteiger partial charge in [0.15, 0.2) is 0 Å². The van der Waals surface area contributed by atoms with Crippen molar-refractivity contribution < 1.29 is 9.53 Å². The summed E-state index contributed by atoms with van der Waals surface area (Å²) in [4.78, 5) is 13.2. The van der Waals surface area contributed by atoms with Gasteiger partial charge in [-0.2, -0.15) is 0 Å². The lowest BCUT2D eigenvalue weighted by Crippen LogP contribution is -2.31. The number of carbonyl (C=O) groups is 1. The van der Waals surface area contributed by atoms with Gasteiger partial charge in [-0.1, -0.05) is 25.1 Å². The van der Waals surface area contributed by atoms with Crippen molar-refractivity contribution in [1.29, 1.82) is 0 Å². The lowest BCUT2D eigenvalue weighted by atomic mass is 10.1. The predicted molar refractivity (Wildman–Crippen MR) is 80.5 cm³/mol. The highest BCUT2D eigenvalue weighted by Gasteiger charge is 2.15. The molecule has 0 radical (unpaired) electrons. The second-order valence-electron chi connectivity index (χ2n) is 4.40. The van der Waals surface area contributed by atoms with Gasteiger partial charge in [0.1, 0.15) is 5.75 Å².